The van der Waals surface area contributed by atoms with Crippen LogP contribution in [-0.4, -0.2) is 55.4 Å². The Morgan fingerprint density at radius 1 is 1.07 bits per heavy atom. The van der Waals surface area contributed by atoms with Crippen LogP contribution < -0.4 is 4.74 Å². The Morgan fingerprint density at radius 2 is 1.87 bits per heavy atom. The third kappa shape index (κ3) is 3.61. The molecule has 1 aromatic rings. The Hall–Kier alpha value is -1.37. The van der Waals surface area contributed by atoms with Gasteiger partial charge in [0.05, 0.1) is 17.0 Å². The SMILES string of the molecule is CC(C)Oc1ccc(S(=O)(=O)N2CCCC3=C[C@H]4C[C@H](CN5CCCC[C@H]45)[C@@H]32)cc1. The van der Waals surface area contributed by atoms with Gasteiger partial charge in [0.2, 0.25) is 10.0 Å². The van der Waals surface area contributed by atoms with Crippen LogP contribution in [0.3, 0.4) is 0 Å². The largest absolute Gasteiger partial charge is 0.491 e. The number of hydrogen-bond donors (Lipinski definition) is 0. The van der Waals surface area contributed by atoms with Gasteiger partial charge in [-0.3, -0.25) is 4.90 Å². The molecule has 3 saturated heterocycles. The summed E-state index contributed by atoms with van der Waals surface area (Å²) in [5.74, 6) is 1.75. The Balaban J connectivity index is 1.44. The summed E-state index contributed by atoms with van der Waals surface area (Å²) in [5, 5.41) is 0. The zero-order chi connectivity index (χ0) is 20.9. The second-order valence-corrected chi connectivity index (χ2v) is 11.7. The van der Waals surface area contributed by atoms with Gasteiger partial charge in [-0.05, 0) is 88.6 Å². The van der Waals surface area contributed by atoms with E-state index in [1.54, 1.807) is 24.3 Å². The van der Waals surface area contributed by atoms with Crippen molar-refractivity contribution in [1.82, 2.24) is 9.21 Å². The summed E-state index contributed by atoms with van der Waals surface area (Å²) in [5.41, 5.74) is 1.39. The van der Waals surface area contributed by atoms with E-state index in [0.29, 0.717) is 35.1 Å². The van der Waals surface area contributed by atoms with E-state index < -0.39 is 10.0 Å². The Morgan fingerprint density at radius 3 is 2.63 bits per heavy atom. The van der Waals surface area contributed by atoms with Gasteiger partial charge in [-0.1, -0.05) is 18.1 Å². The Kier molecular flexibility index (Phi) is 5.44. The molecule has 5 rings (SSSR count). The second kappa shape index (κ2) is 7.95. The molecule has 164 valence electrons. The van der Waals surface area contributed by atoms with E-state index in [2.05, 4.69) is 11.0 Å². The molecule has 6 heteroatoms. The first-order valence-electron chi connectivity index (χ1n) is 11.7. The molecular formula is C24H34N2O3S. The van der Waals surface area contributed by atoms with Crippen LogP contribution >= 0.6 is 0 Å². The quantitative estimate of drug-likeness (QED) is 0.676. The first kappa shape index (κ1) is 20.5. The summed E-state index contributed by atoms with van der Waals surface area (Å²) in [6.45, 7) is 6.80. The lowest BCUT2D eigenvalue weighted by molar-refractivity contribution is 0.0149. The zero-order valence-electron chi connectivity index (χ0n) is 18.2. The summed E-state index contributed by atoms with van der Waals surface area (Å²) < 4.78 is 34.8. The van der Waals surface area contributed by atoms with Gasteiger partial charge >= 0.3 is 0 Å². The monoisotopic (exact) mass is 430 g/mol. The Bertz CT molecular complexity index is 909. The molecule has 0 unspecified atom stereocenters. The van der Waals surface area contributed by atoms with Gasteiger partial charge in [-0.2, -0.15) is 4.31 Å². The lowest BCUT2D eigenvalue weighted by Crippen LogP contribution is -2.59. The predicted molar refractivity (Wildman–Crippen MR) is 118 cm³/mol. The molecule has 0 saturated carbocycles. The fourth-order valence-corrected chi connectivity index (χ4v) is 8.02. The Labute approximate surface area is 181 Å². The van der Waals surface area contributed by atoms with E-state index in [9.17, 15) is 8.42 Å². The van der Waals surface area contributed by atoms with E-state index in [4.69, 9.17) is 4.74 Å². The molecule has 4 aliphatic rings. The molecule has 0 radical (unpaired) electrons. The van der Waals surface area contributed by atoms with Gasteiger partial charge in [-0.15, -0.1) is 0 Å². The normalized spacial score (nSPS) is 32.3. The average molecular weight is 431 g/mol. The molecule has 4 atom stereocenters. The van der Waals surface area contributed by atoms with Gasteiger partial charge in [0.15, 0.2) is 0 Å². The zero-order valence-corrected chi connectivity index (χ0v) is 19.0. The predicted octanol–water partition coefficient (Wildman–Crippen LogP) is 4.06. The number of fused-ring (bicyclic) bond motifs is 6. The highest BCUT2D eigenvalue weighted by atomic mass is 32.2. The van der Waals surface area contributed by atoms with Crippen molar-refractivity contribution in [2.75, 3.05) is 19.6 Å². The second-order valence-electron chi connectivity index (χ2n) is 9.76. The van der Waals surface area contributed by atoms with Crippen LogP contribution in [0.1, 0.15) is 52.4 Å². The summed E-state index contributed by atoms with van der Waals surface area (Å²) in [6.07, 6.45) is 9.59. The number of piperidine rings is 3. The molecule has 3 aliphatic heterocycles. The molecule has 0 N–H and O–H groups in total. The molecule has 1 aromatic carbocycles. The fraction of sp³-hybridized carbons (Fsp3) is 0.667. The van der Waals surface area contributed by atoms with Crippen molar-refractivity contribution in [1.29, 1.82) is 0 Å². The summed E-state index contributed by atoms with van der Waals surface area (Å²) >= 11 is 0. The molecule has 0 aromatic heterocycles. The number of ether oxygens (including phenoxy) is 1. The molecule has 5 nitrogen and oxygen atoms in total. The number of rotatable bonds is 4. The molecule has 0 amide bonds. The van der Waals surface area contributed by atoms with E-state index in [1.165, 1.54) is 31.4 Å². The first-order valence-corrected chi connectivity index (χ1v) is 13.1. The van der Waals surface area contributed by atoms with Crippen LogP contribution in [0.2, 0.25) is 0 Å². The van der Waals surface area contributed by atoms with E-state index in [1.807, 2.05) is 18.2 Å². The lowest BCUT2D eigenvalue weighted by atomic mass is 9.68. The third-order valence-corrected chi connectivity index (χ3v) is 9.31. The number of hydrogen-bond acceptors (Lipinski definition) is 4. The van der Waals surface area contributed by atoms with Gasteiger partial charge in [-0.25, -0.2) is 8.42 Å². The standard InChI is InChI=1S/C24H34N2O3S/c1-17(2)29-21-8-10-22(11-9-21)30(27,28)26-13-5-6-18-14-19-15-20(24(18)26)16-25-12-4-3-7-23(19)25/h8-11,14,17,19-20,23-24H,3-7,12-13,15-16H2,1-2H3/t19-,20+,23+,24+/m0/s1. The minimum absolute atomic E-state index is 0.0365. The van der Waals surface area contributed by atoms with Gasteiger partial charge in [0.25, 0.3) is 0 Å². The van der Waals surface area contributed by atoms with E-state index in [0.717, 1.165) is 25.8 Å². The fourth-order valence-electron chi connectivity index (χ4n) is 6.29. The number of nitrogens with zero attached hydrogens (tertiary/aromatic N) is 2. The molecule has 2 bridgehead atoms. The van der Waals surface area contributed by atoms with Gasteiger partial charge in [0, 0.05) is 19.1 Å². The maximum absolute atomic E-state index is 13.7. The van der Waals surface area contributed by atoms with Crippen molar-refractivity contribution in [2.24, 2.45) is 11.8 Å². The lowest BCUT2D eigenvalue weighted by Gasteiger charge is -2.54. The minimum atomic E-state index is -3.52. The molecular weight excluding hydrogens is 396 g/mol. The summed E-state index contributed by atoms with van der Waals surface area (Å²) in [7, 11) is -3.52. The van der Waals surface area contributed by atoms with Crippen molar-refractivity contribution in [3.05, 3.63) is 35.9 Å². The average Bonchev–Trinajstić information content (AvgIpc) is 2.73. The van der Waals surface area contributed by atoms with Gasteiger partial charge in [0.1, 0.15) is 5.75 Å². The maximum Gasteiger partial charge on any atom is 0.243 e. The van der Waals surface area contributed by atoms with Crippen LogP contribution in [0.4, 0.5) is 0 Å². The summed E-state index contributed by atoms with van der Waals surface area (Å²) in [6, 6.07) is 7.70. The van der Waals surface area contributed by atoms with Crippen LogP contribution in [-0.2, 0) is 10.0 Å². The summed E-state index contributed by atoms with van der Waals surface area (Å²) in [4.78, 5) is 3.04. The highest BCUT2D eigenvalue weighted by molar-refractivity contribution is 7.89. The van der Waals surface area contributed by atoms with Crippen LogP contribution in [0, 0.1) is 11.8 Å². The van der Waals surface area contributed by atoms with Crippen LogP contribution in [0.25, 0.3) is 0 Å². The van der Waals surface area contributed by atoms with Crippen molar-refractivity contribution in [2.45, 2.75) is 75.5 Å². The minimum Gasteiger partial charge on any atom is -0.491 e. The molecule has 1 aliphatic carbocycles. The molecule has 30 heavy (non-hydrogen) atoms. The maximum atomic E-state index is 13.7. The van der Waals surface area contributed by atoms with Gasteiger partial charge < -0.3 is 4.74 Å². The number of benzene rings is 1. The first-order chi connectivity index (χ1) is 14.4. The smallest absolute Gasteiger partial charge is 0.243 e. The molecule has 0 spiro atoms. The van der Waals surface area contributed by atoms with Crippen LogP contribution in [0.5, 0.6) is 5.75 Å². The number of sulfonamides is 1. The highest BCUT2D eigenvalue weighted by Gasteiger charge is 2.48. The molecule has 3 heterocycles. The van der Waals surface area contributed by atoms with Crippen molar-refractivity contribution in [3.8, 4) is 5.75 Å². The van der Waals surface area contributed by atoms with E-state index in [-0.39, 0.29) is 12.1 Å². The third-order valence-electron chi connectivity index (χ3n) is 7.41. The van der Waals surface area contributed by atoms with Crippen molar-refractivity contribution in [3.63, 3.8) is 0 Å². The van der Waals surface area contributed by atoms with Crippen molar-refractivity contribution >= 4 is 10.0 Å². The topological polar surface area (TPSA) is 49.9 Å². The van der Waals surface area contributed by atoms with Crippen molar-refractivity contribution < 1.29 is 13.2 Å². The molecule has 3 fully saturated rings. The van der Waals surface area contributed by atoms with Crippen LogP contribution in [0.15, 0.2) is 40.8 Å². The van der Waals surface area contributed by atoms with E-state index >= 15 is 0 Å². The highest BCUT2D eigenvalue weighted by Crippen LogP contribution is 2.46.